The number of aryl methyl sites for hydroxylation is 2. The lowest BCUT2D eigenvalue weighted by atomic mass is 10.0. The first-order chi connectivity index (χ1) is 20.2. The number of para-hydroxylation sites is 1. The zero-order valence-corrected chi connectivity index (χ0v) is 25.1. The fourth-order valence-electron chi connectivity index (χ4n) is 4.78. The second kappa shape index (κ2) is 14.0. The first-order valence-corrected chi connectivity index (χ1v) is 15.4. The van der Waals surface area contributed by atoms with Gasteiger partial charge in [0.05, 0.1) is 10.6 Å². The van der Waals surface area contributed by atoms with E-state index < -0.39 is 28.5 Å². The Balaban J connectivity index is 1.78. The Morgan fingerprint density at radius 2 is 1.38 bits per heavy atom. The number of hydrogen-bond donors (Lipinski definition) is 1. The molecule has 0 radical (unpaired) electrons. The van der Waals surface area contributed by atoms with Crippen molar-refractivity contribution in [2.45, 2.75) is 44.7 Å². The molecule has 0 bridgehead atoms. The van der Waals surface area contributed by atoms with E-state index in [1.807, 2.05) is 75.4 Å². The zero-order valence-electron chi connectivity index (χ0n) is 24.2. The molecule has 0 fully saturated rings. The van der Waals surface area contributed by atoms with Crippen LogP contribution in [0, 0.1) is 13.8 Å². The van der Waals surface area contributed by atoms with Crippen LogP contribution in [0.5, 0.6) is 0 Å². The van der Waals surface area contributed by atoms with Crippen LogP contribution in [0.4, 0.5) is 5.69 Å². The van der Waals surface area contributed by atoms with Gasteiger partial charge in [0.1, 0.15) is 12.6 Å². The number of nitrogens with zero attached hydrogens (tertiary/aromatic N) is 2. The fraction of sp³-hybridized carbons (Fsp3) is 0.235. The van der Waals surface area contributed by atoms with Crippen LogP contribution in [0.1, 0.15) is 29.2 Å². The zero-order chi connectivity index (χ0) is 30.1. The van der Waals surface area contributed by atoms with Crippen molar-refractivity contribution in [2.75, 3.05) is 17.4 Å². The molecule has 0 heterocycles. The average molecular weight is 584 g/mol. The Labute approximate surface area is 248 Å². The SMILES string of the molecule is CCNC(=O)[C@H](Cc1ccccc1)N(Cc1ccccc1C)C(=O)CN(c1ccccc1)S(=O)(=O)c1ccc(C)cc1. The molecule has 0 saturated carbocycles. The lowest BCUT2D eigenvalue weighted by molar-refractivity contribution is -0.140. The van der Waals surface area contributed by atoms with E-state index in [2.05, 4.69) is 5.32 Å². The van der Waals surface area contributed by atoms with E-state index in [0.717, 1.165) is 26.6 Å². The summed E-state index contributed by atoms with van der Waals surface area (Å²) < 4.78 is 29.1. The Bertz CT molecular complexity index is 1590. The number of nitrogens with one attached hydrogen (secondary N) is 1. The molecule has 0 aliphatic rings. The van der Waals surface area contributed by atoms with Crippen molar-refractivity contribution >= 4 is 27.5 Å². The fourth-order valence-corrected chi connectivity index (χ4v) is 6.19. The molecule has 2 amide bonds. The molecule has 0 aliphatic carbocycles. The smallest absolute Gasteiger partial charge is 0.264 e. The van der Waals surface area contributed by atoms with Crippen molar-refractivity contribution in [1.29, 1.82) is 0 Å². The summed E-state index contributed by atoms with van der Waals surface area (Å²) in [5.41, 5.74) is 4.02. The van der Waals surface area contributed by atoms with Crippen LogP contribution in [0.3, 0.4) is 0 Å². The van der Waals surface area contributed by atoms with E-state index in [4.69, 9.17) is 0 Å². The van der Waals surface area contributed by atoms with Gasteiger partial charge in [0.25, 0.3) is 10.0 Å². The van der Waals surface area contributed by atoms with Crippen molar-refractivity contribution in [3.05, 3.63) is 131 Å². The maximum Gasteiger partial charge on any atom is 0.264 e. The van der Waals surface area contributed by atoms with Gasteiger partial charge in [-0.05, 0) is 61.7 Å². The van der Waals surface area contributed by atoms with Gasteiger partial charge < -0.3 is 10.2 Å². The highest BCUT2D eigenvalue weighted by atomic mass is 32.2. The van der Waals surface area contributed by atoms with Gasteiger partial charge in [-0.1, -0.05) is 90.5 Å². The van der Waals surface area contributed by atoms with Gasteiger partial charge in [0.2, 0.25) is 11.8 Å². The van der Waals surface area contributed by atoms with Crippen molar-refractivity contribution in [3.63, 3.8) is 0 Å². The predicted molar refractivity (Wildman–Crippen MR) is 166 cm³/mol. The normalized spacial score (nSPS) is 11.9. The Hall–Kier alpha value is -4.43. The van der Waals surface area contributed by atoms with Crippen molar-refractivity contribution < 1.29 is 18.0 Å². The molecule has 218 valence electrons. The number of amides is 2. The summed E-state index contributed by atoms with van der Waals surface area (Å²) in [6.45, 7) is 5.73. The number of carbonyl (C=O) groups excluding carboxylic acids is 2. The Morgan fingerprint density at radius 1 is 0.786 bits per heavy atom. The number of carbonyl (C=O) groups is 2. The average Bonchev–Trinajstić information content (AvgIpc) is 2.99. The molecule has 0 aromatic heterocycles. The van der Waals surface area contributed by atoms with E-state index in [9.17, 15) is 18.0 Å². The summed E-state index contributed by atoms with van der Waals surface area (Å²) in [5.74, 6) is -0.777. The molecular weight excluding hydrogens is 546 g/mol. The van der Waals surface area contributed by atoms with E-state index in [0.29, 0.717) is 12.2 Å². The van der Waals surface area contributed by atoms with Crippen LogP contribution in [0.2, 0.25) is 0 Å². The highest BCUT2D eigenvalue weighted by Gasteiger charge is 2.34. The van der Waals surface area contributed by atoms with E-state index in [1.165, 1.54) is 4.90 Å². The lowest BCUT2D eigenvalue weighted by Crippen LogP contribution is -2.53. The summed E-state index contributed by atoms with van der Waals surface area (Å²) in [7, 11) is -4.11. The van der Waals surface area contributed by atoms with Crippen molar-refractivity contribution in [1.82, 2.24) is 10.2 Å². The number of sulfonamides is 1. The molecule has 7 nitrogen and oxygen atoms in total. The Kier molecular flexibility index (Phi) is 10.1. The van der Waals surface area contributed by atoms with Crippen molar-refractivity contribution in [2.24, 2.45) is 0 Å². The minimum absolute atomic E-state index is 0.0831. The quantitative estimate of drug-likeness (QED) is 0.246. The monoisotopic (exact) mass is 583 g/mol. The molecule has 0 spiro atoms. The van der Waals surface area contributed by atoms with Crippen LogP contribution in [0.25, 0.3) is 0 Å². The molecular formula is C34H37N3O4S. The number of anilines is 1. The Morgan fingerprint density at radius 3 is 2.00 bits per heavy atom. The van der Waals surface area contributed by atoms with Gasteiger partial charge in [-0.15, -0.1) is 0 Å². The number of hydrogen-bond acceptors (Lipinski definition) is 4. The first kappa shape index (κ1) is 30.5. The molecule has 42 heavy (non-hydrogen) atoms. The third-order valence-electron chi connectivity index (χ3n) is 7.16. The minimum atomic E-state index is -4.11. The lowest BCUT2D eigenvalue weighted by Gasteiger charge is -2.34. The predicted octanol–water partition coefficient (Wildman–Crippen LogP) is 5.27. The second-order valence-electron chi connectivity index (χ2n) is 10.2. The summed E-state index contributed by atoms with van der Waals surface area (Å²) in [5, 5.41) is 2.88. The highest BCUT2D eigenvalue weighted by molar-refractivity contribution is 7.92. The van der Waals surface area contributed by atoms with Gasteiger partial charge in [0.15, 0.2) is 0 Å². The molecule has 1 N–H and O–H groups in total. The second-order valence-corrected chi connectivity index (χ2v) is 12.1. The molecule has 0 saturated heterocycles. The van der Waals surface area contributed by atoms with Gasteiger partial charge in [-0.25, -0.2) is 8.42 Å². The molecule has 8 heteroatoms. The molecule has 1 atom stereocenters. The number of benzene rings is 4. The van der Waals surface area contributed by atoms with Crippen LogP contribution in [-0.4, -0.2) is 44.3 Å². The third kappa shape index (κ3) is 7.44. The molecule has 4 rings (SSSR count). The molecule has 4 aromatic carbocycles. The van der Waals surface area contributed by atoms with Gasteiger partial charge >= 0.3 is 0 Å². The summed E-state index contributed by atoms with van der Waals surface area (Å²) in [6, 6.07) is 31.5. The van der Waals surface area contributed by atoms with Crippen LogP contribution in [0.15, 0.2) is 114 Å². The molecule has 4 aromatic rings. The van der Waals surface area contributed by atoms with Crippen LogP contribution in [-0.2, 0) is 32.6 Å². The van der Waals surface area contributed by atoms with Gasteiger partial charge in [-0.3, -0.25) is 13.9 Å². The summed E-state index contributed by atoms with van der Waals surface area (Å²) in [4.78, 5) is 29.5. The summed E-state index contributed by atoms with van der Waals surface area (Å²) in [6.07, 6.45) is 0.278. The number of rotatable bonds is 12. The summed E-state index contributed by atoms with van der Waals surface area (Å²) >= 11 is 0. The van der Waals surface area contributed by atoms with Gasteiger partial charge in [0, 0.05) is 19.5 Å². The molecule has 0 unspecified atom stereocenters. The van der Waals surface area contributed by atoms with Crippen LogP contribution < -0.4 is 9.62 Å². The minimum Gasteiger partial charge on any atom is -0.355 e. The maximum absolute atomic E-state index is 14.4. The topological polar surface area (TPSA) is 86.8 Å². The van der Waals surface area contributed by atoms with E-state index in [1.54, 1.807) is 54.6 Å². The first-order valence-electron chi connectivity index (χ1n) is 14.0. The van der Waals surface area contributed by atoms with E-state index in [-0.39, 0.29) is 23.8 Å². The molecule has 0 aliphatic heterocycles. The number of likely N-dealkylation sites (N-methyl/N-ethyl adjacent to an activating group) is 1. The van der Waals surface area contributed by atoms with Gasteiger partial charge in [-0.2, -0.15) is 0 Å². The standard InChI is InChI=1S/C34H37N3O4S/c1-4-35-34(39)32(23-28-14-7-5-8-15-28)36(24-29-16-12-11-13-27(29)3)33(38)25-37(30-17-9-6-10-18-30)42(40,41)31-21-19-26(2)20-22-31/h5-22,32H,4,23-25H2,1-3H3,(H,35,39)/t32-/m0/s1. The van der Waals surface area contributed by atoms with Crippen molar-refractivity contribution in [3.8, 4) is 0 Å². The largest absolute Gasteiger partial charge is 0.355 e. The van der Waals surface area contributed by atoms with E-state index >= 15 is 0 Å². The third-order valence-corrected chi connectivity index (χ3v) is 8.94. The maximum atomic E-state index is 14.4. The van der Waals surface area contributed by atoms with Crippen LogP contribution >= 0.6 is 0 Å². The highest BCUT2D eigenvalue weighted by Crippen LogP contribution is 2.25.